The molecule has 0 amide bonds. The maximum Gasteiger partial charge on any atom is 0.305 e. The molecule has 0 aliphatic rings. The molecule has 0 saturated heterocycles. The maximum absolute atomic E-state index is 12.2. The van der Waals surface area contributed by atoms with Crippen molar-refractivity contribution >= 4 is 17.7 Å². The van der Waals surface area contributed by atoms with Crippen LogP contribution in [0.3, 0.4) is 0 Å². The first-order valence-electron chi connectivity index (χ1n) is 20.4. The van der Waals surface area contributed by atoms with Crippen molar-refractivity contribution in [2.75, 3.05) is 13.2 Å². The fourth-order valence-electron chi connectivity index (χ4n) is 6.25. The first-order chi connectivity index (χ1) is 22.5. The van der Waals surface area contributed by atoms with Gasteiger partial charge < -0.3 is 9.47 Å². The molecule has 0 rings (SSSR count). The summed E-state index contributed by atoms with van der Waals surface area (Å²) in [5, 5.41) is 0. The second-order valence-electron chi connectivity index (χ2n) is 14.0. The van der Waals surface area contributed by atoms with Crippen molar-refractivity contribution in [2.45, 2.75) is 226 Å². The second kappa shape index (κ2) is 36.4. The van der Waals surface area contributed by atoms with Gasteiger partial charge in [0.05, 0.1) is 13.2 Å². The second-order valence-corrected chi connectivity index (χ2v) is 14.0. The number of hydrogen-bond acceptors (Lipinski definition) is 5. The van der Waals surface area contributed by atoms with E-state index in [4.69, 9.17) is 9.47 Å². The predicted molar refractivity (Wildman–Crippen MR) is 195 cm³/mol. The molecule has 0 aromatic heterocycles. The fraction of sp³-hybridized carbons (Fsp3) is 0.927. The van der Waals surface area contributed by atoms with Crippen molar-refractivity contribution in [2.24, 2.45) is 5.92 Å². The molecule has 0 radical (unpaired) electrons. The molecule has 0 N–H and O–H groups in total. The molecule has 0 aliphatic carbocycles. The van der Waals surface area contributed by atoms with E-state index in [1.165, 1.54) is 96.3 Å². The lowest BCUT2D eigenvalue weighted by Crippen LogP contribution is -2.10. The average Bonchev–Trinajstić information content (AvgIpc) is 3.05. The van der Waals surface area contributed by atoms with Crippen molar-refractivity contribution in [3.05, 3.63) is 0 Å². The summed E-state index contributed by atoms with van der Waals surface area (Å²) in [6, 6.07) is 0. The minimum absolute atomic E-state index is 0.0374. The molecule has 0 unspecified atom stereocenters. The van der Waals surface area contributed by atoms with E-state index in [9.17, 15) is 14.4 Å². The molecule has 0 heterocycles. The highest BCUT2D eigenvalue weighted by atomic mass is 16.5. The monoisotopic (exact) mass is 651 g/mol. The van der Waals surface area contributed by atoms with Gasteiger partial charge in [-0.05, 0) is 44.4 Å². The van der Waals surface area contributed by atoms with Crippen molar-refractivity contribution in [3.63, 3.8) is 0 Å². The Bertz CT molecular complexity index is 664. The molecule has 5 heteroatoms. The number of Topliss-reactive ketones (excluding diaryl/α,β-unsaturated/α-hetero) is 1. The van der Waals surface area contributed by atoms with E-state index in [-0.39, 0.29) is 11.9 Å². The maximum atomic E-state index is 12.2. The van der Waals surface area contributed by atoms with Gasteiger partial charge in [0, 0.05) is 25.7 Å². The van der Waals surface area contributed by atoms with Crippen LogP contribution in [0.4, 0.5) is 0 Å². The van der Waals surface area contributed by atoms with Gasteiger partial charge >= 0.3 is 11.9 Å². The summed E-state index contributed by atoms with van der Waals surface area (Å²) in [5.41, 5.74) is 0. The minimum Gasteiger partial charge on any atom is -0.466 e. The lowest BCUT2D eigenvalue weighted by atomic mass is 9.92. The third-order valence-corrected chi connectivity index (χ3v) is 9.40. The zero-order valence-corrected chi connectivity index (χ0v) is 31.2. The standard InChI is InChI=1S/C41H78O5/c1-4-7-10-13-14-21-28-36-45-40(43)33-26-19-15-17-24-31-39(42)32-25-18-16-20-27-34-41(44)46-37-35-38(29-22-11-8-5-2)30-23-12-9-6-3/h38H,4-37H2,1-3H3. The van der Waals surface area contributed by atoms with Crippen molar-refractivity contribution < 1.29 is 23.9 Å². The van der Waals surface area contributed by atoms with Crippen LogP contribution in [-0.4, -0.2) is 30.9 Å². The Kier molecular flexibility index (Phi) is 35.3. The number of carbonyl (C=O) groups is 3. The fourth-order valence-corrected chi connectivity index (χ4v) is 6.25. The molecule has 0 aromatic rings. The lowest BCUT2D eigenvalue weighted by Gasteiger charge is -2.17. The summed E-state index contributed by atoms with van der Waals surface area (Å²) in [4.78, 5) is 36.3. The molecular weight excluding hydrogens is 572 g/mol. The van der Waals surface area contributed by atoms with Gasteiger partial charge in [-0.25, -0.2) is 0 Å². The van der Waals surface area contributed by atoms with Crippen LogP contribution in [0.1, 0.15) is 226 Å². The van der Waals surface area contributed by atoms with Crippen LogP contribution < -0.4 is 0 Å². The molecule has 272 valence electrons. The summed E-state index contributed by atoms with van der Waals surface area (Å²) in [5.74, 6) is 0.994. The first kappa shape index (κ1) is 44.6. The predicted octanol–water partition coefficient (Wildman–Crippen LogP) is 12.8. The largest absolute Gasteiger partial charge is 0.466 e. The Hall–Kier alpha value is -1.39. The zero-order chi connectivity index (χ0) is 33.8. The molecule has 0 bridgehead atoms. The Morgan fingerprint density at radius 2 is 0.717 bits per heavy atom. The van der Waals surface area contributed by atoms with Crippen molar-refractivity contribution in [3.8, 4) is 0 Å². The van der Waals surface area contributed by atoms with Gasteiger partial charge in [-0.15, -0.1) is 0 Å². The number of unbranched alkanes of at least 4 members (excludes halogenated alkanes) is 20. The van der Waals surface area contributed by atoms with E-state index in [2.05, 4.69) is 20.8 Å². The summed E-state index contributed by atoms with van der Waals surface area (Å²) in [6.07, 6.45) is 35.2. The Labute approximate surface area is 286 Å². The highest BCUT2D eigenvalue weighted by Gasteiger charge is 2.11. The van der Waals surface area contributed by atoms with Gasteiger partial charge in [-0.2, -0.15) is 0 Å². The van der Waals surface area contributed by atoms with Gasteiger partial charge in [0.25, 0.3) is 0 Å². The SMILES string of the molecule is CCCCCCCCCOC(=O)CCCCCCCC(=O)CCCCCCCC(=O)OCCC(CCCCCC)CCCCCC. The topological polar surface area (TPSA) is 69.7 Å². The number of esters is 2. The Morgan fingerprint density at radius 3 is 1.17 bits per heavy atom. The highest BCUT2D eigenvalue weighted by molar-refractivity contribution is 5.78. The van der Waals surface area contributed by atoms with E-state index in [0.29, 0.717) is 50.6 Å². The van der Waals surface area contributed by atoms with Gasteiger partial charge in [0.15, 0.2) is 0 Å². The molecule has 0 atom stereocenters. The molecule has 0 aromatic carbocycles. The lowest BCUT2D eigenvalue weighted by molar-refractivity contribution is -0.145. The third kappa shape index (κ3) is 34.0. The summed E-state index contributed by atoms with van der Waals surface area (Å²) in [6.45, 7) is 7.91. The van der Waals surface area contributed by atoms with Crippen LogP contribution >= 0.6 is 0 Å². The zero-order valence-electron chi connectivity index (χ0n) is 31.2. The average molecular weight is 651 g/mol. The first-order valence-corrected chi connectivity index (χ1v) is 20.4. The smallest absolute Gasteiger partial charge is 0.305 e. The van der Waals surface area contributed by atoms with E-state index in [0.717, 1.165) is 83.5 Å². The van der Waals surface area contributed by atoms with Crippen LogP contribution in [0.5, 0.6) is 0 Å². The van der Waals surface area contributed by atoms with E-state index in [1.54, 1.807) is 0 Å². The normalized spacial score (nSPS) is 11.3. The van der Waals surface area contributed by atoms with Gasteiger partial charge in [-0.3, -0.25) is 14.4 Å². The minimum atomic E-state index is -0.0543. The quantitative estimate of drug-likeness (QED) is 0.0494. The molecular formula is C41H78O5. The van der Waals surface area contributed by atoms with Crippen LogP contribution in [0.25, 0.3) is 0 Å². The van der Waals surface area contributed by atoms with Crippen LogP contribution in [-0.2, 0) is 23.9 Å². The van der Waals surface area contributed by atoms with Crippen molar-refractivity contribution in [1.82, 2.24) is 0 Å². The van der Waals surface area contributed by atoms with E-state index in [1.807, 2.05) is 0 Å². The van der Waals surface area contributed by atoms with Crippen LogP contribution in [0.15, 0.2) is 0 Å². The highest BCUT2D eigenvalue weighted by Crippen LogP contribution is 2.22. The van der Waals surface area contributed by atoms with E-state index >= 15 is 0 Å². The molecule has 0 aliphatic heterocycles. The number of hydrogen-bond donors (Lipinski definition) is 0. The number of carbonyl (C=O) groups excluding carboxylic acids is 3. The van der Waals surface area contributed by atoms with E-state index < -0.39 is 0 Å². The summed E-state index contributed by atoms with van der Waals surface area (Å²) < 4.78 is 10.9. The van der Waals surface area contributed by atoms with Gasteiger partial charge in [0.2, 0.25) is 0 Å². The number of rotatable bonds is 37. The Morgan fingerprint density at radius 1 is 0.370 bits per heavy atom. The number of ketones is 1. The molecule has 0 spiro atoms. The van der Waals surface area contributed by atoms with Crippen molar-refractivity contribution in [1.29, 1.82) is 0 Å². The molecule has 5 nitrogen and oxygen atoms in total. The molecule has 0 saturated carbocycles. The van der Waals surface area contributed by atoms with Crippen LogP contribution in [0, 0.1) is 5.92 Å². The Balaban J connectivity index is 3.60. The van der Waals surface area contributed by atoms with Gasteiger partial charge in [-0.1, -0.05) is 162 Å². The number of ether oxygens (including phenoxy) is 2. The van der Waals surface area contributed by atoms with Gasteiger partial charge in [0.1, 0.15) is 5.78 Å². The third-order valence-electron chi connectivity index (χ3n) is 9.40. The summed E-state index contributed by atoms with van der Waals surface area (Å²) in [7, 11) is 0. The summed E-state index contributed by atoms with van der Waals surface area (Å²) >= 11 is 0. The van der Waals surface area contributed by atoms with Crippen LogP contribution in [0.2, 0.25) is 0 Å². The molecule has 46 heavy (non-hydrogen) atoms. The molecule has 0 fully saturated rings.